The van der Waals surface area contributed by atoms with Crippen molar-refractivity contribution in [3.63, 3.8) is 0 Å². The summed E-state index contributed by atoms with van der Waals surface area (Å²) >= 11 is 0. The van der Waals surface area contributed by atoms with Crippen molar-refractivity contribution >= 4 is 24.1 Å². The molecule has 1 amide bonds. The van der Waals surface area contributed by atoms with E-state index in [1.165, 1.54) is 0 Å². The smallest absolute Gasteiger partial charge is 0.225 e. The zero-order valence-corrected chi connectivity index (χ0v) is 13.8. The minimum Gasteiger partial charge on any atom is -0.352 e. The molecule has 6 nitrogen and oxygen atoms in total. The largest absolute Gasteiger partial charge is 0.352 e. The van der Waals surface area contributed by atoms with Crippen molar-refractivity contribution < 1.29 is 4.79 Å². The summed E-state index contributed by atoms with van der Waals surface area (Å²) in [6, 6.07) is 0.452. The van der Waals surface area contributed by atoms with Crippen LogP contribution < -0.4 is 10.2 Å². The summed E-state index contributed by atoms with van der Waals surface area (Å²) < 4.78 is 0. The molecule has 0 unspecified atom stereocenters. The molecule has 0 aromatic carbocycles. The third-order valence-corrected chi connectivity index (χ3v) is 4.44. The number of hydrogen-bond donors (Lipinski definition) is 1. The summed E-state index contributed by atoms with van der Waals surface area (Å²) in [5.41, 5.74) is 0. The van der Waals surface area contributed by atoms with Gasteiger partial charge in [0.15, 0.2) is 0 Å². The van der Waals surface area contributed by atoms with Gasteiger partial charge in [0.1, 0.15) is 5.82 Å². The van der Waals surface area contributed by atoms with Crippen LogP contribution in [-0.2, 0) is 4.79 Å². The van der Waals surface area contributed by atoms with E-state index in [1.807, 2.05) is 4.90 Å². The molecule has 22 heavy (non-hydrogen) atoms. The second-order valence-electron chi connectivity index (χ2n) is 5.95. The zero-order chi connectivity index (χ0) is 14.7. The molecule has 2 atom stereocenters. The van der Waals surface area contributed by atoms with E-state index in [1.54, 1.807) is 18.6 Å². The van der Waals surface area contributed by atoms with Gasteiger partial charge in [-0.15, -0.1) is 12.4 Å². The van der Waals surface area contributed by atoms with Crippen molar-refractivity contribution in [2.24, 2.45) is 5.92 Å². The van der Waals surface area contributed by atoms with Gasteiger partial charge in [-0.25, -0.2) is 4.98 Å². The number of piperazine rings is 1. The molecule has 3 heterocycles. The Bertz CT molecular complexity index is 478. The Hall–Kier alpha value is -1.40. The summed E-state index contributed by atoms with van der Waals surface area (Å²) in [6.07, 6.45) is 7.10. The number of carbonyl (C=O) groups excluding carboxylic acids is 1. The predicted molar refractivity (Wildman–Crippen MR) is 88.3 cm³/mol. The molecule has 0 radical (unpaired) electrons. The highest BCUT2D eigenvalue weighted by molar-refractivity contribution is 5.85. The monoisotopic (exact) mass is 325 g/mol. The van der Waals surface area contributed by atoms with Crippen LogP contribution in [0.4, 0.5) is 5.82 Å². The van der Waals surface area contributed by atoms with Gasteiger partial charge in [-0.1, -0.05) is 0 Å². The molecule has 0 aliphatic carbocycles. The van der Waals surface area contributed by atoms with Gasteiger partial charge >= 0.3 is 0 Å². The van der Waals surface area contributed by atoms with Crippen molar-refractivity contribution in [2.75, 3.05) is 37.6 Å². The Labute approximate surface area is 137 Å². The molecule has 2 aliphatic heterocycles. The average molecular weight is 326 g/mol. The lowest BCUT2D eigenvalue weighted by Crippen LogP contribution is -2.52. The summed E-state index contributed by atoms with van der Waals surface area (Å²) in [5.74, 6) is 1.44. The van der Waals surface area contributed by atoms with E-state index in [2.05, 4.69) is 27.1 Å². The van der Waals surface area contributed by atoms with Crippen LogP contribution in [-0.4, -0.2) is 59.5 Å². The van der Waals surface area contributed by atoms with Gasteiger partial charge in [0, 0.05) is 50.5 Å². The van der Waals surface area contributed by atoms with Crippen molar-refractivity contribution in [3.05, 3.63) is 18.6 Å². The highest BCUT2D eigenvalue weighted by Gasteiger charge is 2.30. The van der Waals surface area contributed by atoms with E-state index < -0.39 is 0 Å². The number of piperidine rings is 1. The van der Waals surface area contributed by atoms with E-state index >= 15 is 0 Å². The number of rotatable bonds is 2. The highest BCUT2D eigenvalue weighted by atomic mass is 35.5. The van der Waals surface area contributed by atoms with Crippen LogP contribution >= 0.6 is 12.4 Å². The third kappa shape index (κ3) is 3.87. The first-order valence-corrected chi connectivity index (χ1v) is 7.77. The molecule has 2 saturated heterocycles. The van der Waals surface area contributed by atoms with E-state index in [0.717, 1.165) is 51.4 Å². The van der Waals surface area contributed by atoms with Crippen molar-refractivity contribution in [3.8, 4) is 0 Å². The lowest BCUT2D eigenvalue weighted by atomic mass is 9.92. The maximum Gasteiger partial charge on any atom is 0.225 e. The van der Waals surface area contributed by atoms with Crippen LogP contribution in [0.2, 0.25) is 0 Å². The Morgan fingerprint density at radius 2 is 2.05 bits per heavy atom. The first-order valence-electron chi connectivity index (χ1n) is 7.77. The first kappa shape index (κ1) is 17.0. The number of anilines is 1. The quantitative estimate of drug-likeness (QED) is 0.876. The number of hydrogen-bond acceptors (Lipinski definition) is 5. The lowest BCUT2D eigenvalue weighted by molar-refractivity contribution is -0.137. The third-order valence-electron chi connectivity index (χ3n) is 4.44. The molecule has 1 aromatic heterocycles. The lowest BCUT2D eigenvalue weighted by Gasteiger charge is -2.38. The van der Waals surface area contributed by atoms with E-state index in [9.17, 15) is 4.79 Å². The fraction of sp³-hybridized carbons (Fsp3) is 0.667. The minimum atomic E-state index is 0. The van der Waals surface area contributed by atoms with Gasteiger partial charge in [-0.2, -0.15) is 0 Å². The van der Waals surface area contributed by atoms with E-state index in [0.29, 0.717) is 11.9 Å². The van der Waals surface area contributed by atoms with Gasteiger partial charge < -0.3 is 15.1 Å². The highest BCUT2D eigenvalue weighted by Crippen LogP contribution is 2.20. The number of nitrogens with one attached hydrogen (secondary N) is 1. The molecule has 7 heteroatoms. The number of amides is 1. The predicted octanol–water partition coefficient (Wildman–Crippen LogP) is 0.935. The van der Waals surface area contributed by atoms with Crippen molar-refractivity contribution in [1.82, 2.24) is 20.2 Å². The standard InChI is InChI=1S/C15H23N5O.ClH/c1-12-10-13(2-3-17-12)15(21)20-8-6-19(7-9-20)14-11-16-4-5-18-14;/h4-5,11-13,17H,2-3,6-10H2,1H3;1H/t12-,13-;/m0./s1. The Balaban J connectivity index is 0.00000176. The van der Waals surface area contributed by atoms with Crippen molar-refractivity contribution in [2.45, 2.75) is 25.8 Å². The molecular weight excluding hydrogens is 302 g/mol. The molecule has 1 aromatic rings. The number of aromatic nitrogens is 2. The van der Waals surface area contributed by atoms with Crippen LogP contribution in [0.1, 0.15) is 19.8 Å². The molecular formula is C15H24ClN5O. The molecule has 0 saturated carbocycles. The van der Waals surface area contributed by atoms with Gasteiger partial charge in [0.05, 0.1) is 6.20 Å². The summed E-state index contributed by atoms with van der Waals surface area (Å²) in [6.45, 7) is 6.36. The van der Waals surface area contributed by atoms with Crippen LogP contribution in [0.25, 0.3) is 0 Å². The molecule has 2 aliphatic rings. The van der Waals surface area contributed by atoms with Crippen LogP contribution in [0, 0.1) is 5.92 Å². The number of nitrogens with zero attached hydrogens (tertiary/aromatic N) is 4. The van der Waals surface area contributed by atoms with Gasteiger partial charge in [0.25, 0.3) is 0 Å². The average Bonchev–Trinajstić information content (AvgIpc) is 2.55. The topological polar surface area (TPSA) is 61.4 Å². The van der Waals surface area contributed by atoms with Gasteiger partial charge in [-0.05, 0) is 26.3 Å². The van der Waals surface area contributed by atoms with Crippen molar-refractivity contribution in [1.29, 1.82) is 0 Å². The number of carbonyl (C=O) groups is 1. The first-order chi connectivity index (χ1) is 10.2. The fourth-order valence-corrected chi connectivity index (χ4v) is 3.22. The molecule has 122 valence electrons. The molecule has 0 bridgehead atoms. The summed E-state index contributed by atoms with van der Waals surface area (Å²) in [5, 5.41) is 3.40. The van der Waals surface area contributed by atoms with Crippen LogP contribution in [0.3, 0.4) is 0 Å². The molecule has 0 spiro atoms. The SMILES string of the molecule is C[C@H]1C[C@@H](C(=O)N2CCN(c3cnccn3)CC2)CCN1.Cl. The zero-order valence-electron chi connectivity index (χ0n) is 12.9. The normalized spacial score (nSPS) is 25.5. The number of halogens is 1. The molecule has 1 N–H and O–H groups in total. The summed E-state index contributed by atoms with van der Waals surface area (Å²) in [7, 11) is 0. The van der Waals surface area contributed by atoms with E-state index in [4.69, 9.17) is 0 Å². The minimum absolute atomic E-state index is 0. The maximum atomic E-state index is 12.6. The van der Waals surface area contributed by atoms with Crippen LogP contribution in [0.15, 0.2) is 18.6 Å². The fourth-order valence-electron chi connectivity index (χ4n) is 3.22. The molecule has 2 fully saturated rings. The van der Waals surface area contributed by atoms with Gasteiger partial charge in [0.2, 0.25) is 5.91 Å². The maximum absolute atomic E-state index is 12.6. The second kappa shape index (κ2) is 7.74. The van der Waals surface area contributed by atoms with E-state index in [-0.39, 0.29) is 18.3 Å². The Morgan fingerprint density at radius 3 is 2.68 bits per heavy atom. The second-order valence-corrected chi connectivity index (χ2v) is 5.95. The Kier molecular flexibility index (Phi) is 5.97. The molecule has 3 rings (SSSR count). The van der Waals surface area contributed by atoms with Gasteiger partial charge in [-0.3, -0.25) is 9.78 Å². The van der Waals surface area contributed by atoms with Crippen LogP contribution in [0.5, 0.6) is 0 Å². The Morgan fingerprint density at radius 1 is 1.27 bits per heavy atom. The summed E-state index contributed by atoms with van der Waals surface area (Å²) in [4.78, 5) is 25.2.